The van der Waals surface area contributed by atoms with Crippen molar-refractivity contribution in [1.29, 1.82) is 0 Å². The molecule has 0 aliphatic heterocycles. The highest BCUT2D eigenvalue weighted by atomic mass is 16.5. The maximum atomic E-state index is 10.9. The van der Waals surface area contributed by atoms with Crippen LogP contribution < -0.4 is 0 Å². The summed E-state index contributed by atoms with van der Waals surface area (Å²) in [4.78, 5) is 10.9. The monoisotopic (exact) mass is 268 g/mol. The van der Waals surface area contributed by atoms with Gasteiger partial charge < -0.3 is 4.74 Å². The third-order valence-electron chi connectivity index (χ3n) is 4.53. The van der Waals surface area contributed by atoms with E-state index in [1.165, 1.54) is 71.3 Å². The van der Waals surface area contributed by atoms with E-state index in [-0.39, 0.29) is 5.97 Å². The number of hydrogen-bond acceptors (Lipinski definition) is 2. The summed E-state index contributed by atoms with van der Waals surface area (Å²) in [5.41, 5.74) is 0. The van der Waals surface area contributed by atoms with E-state index in [1.54, 1.807) is 0 Å². The van der Waals surface area contributed by atoms with Crippen molar-refractivity contribution in [1.82, 2.24) is 0 Å². The molecule has 0 aromatic rings. The zero-order valence-corrected chi connectivity index (χ0v) is 13.0. The quantitative estimate of drug-likeness (QED) is 0.363. The van der Waals surface area contributed by atoms with Crippen molar-refractivity contribution in [3.05, 3.63) is 0 Å². The molecule has 112 valence electrons. The van der Waals surface area contributed by atoms with Crippen LogP contribution in [0, 0.1) is 11.8 Å². The molecule has 0 bridgehead atoms. The minimum atomic E-state index is -0.0644. The minimum Gasteiger partial charge on any atom is -0.469 e. The van der Waals surface area contributed by atoms with E-state index in [0.717, 1.165) is 18.3 Å². The molecular formula is C17H32O2. The second-order valence-corrected chi connectivity index (χ2v) is 6.11. The normalized spacial score (nSPS) is 21.4. The van der Waals surface area contributed by atoms with Gasteiger partial charge in [0.25, 0.3) is 0 Å². The van der Waals surface area contributed by atoms with E-state index in [0.29, 0.717) is 6.42 Å². The molecule has 0 amide bonds. The van der Waals surface area contributed by atoms with Gasteiger partial charge in [0.2, 0.25) is 0 Å². The molecule has 2 atom stereocenters. The van der Waals surface area contributed by atoms with Crippen LogP contribution in [-0.2, 0) is 9.53 Å². The average Bonchev–Trinajstić information content (AvgIpc) is 3.19. The van der Waals surface area contributed by atoms with E-state index in [9.17, 15) is 4.79 Å². The highest BCUT2D eigenvalue weighted by molar-refractivity contribution is 5.68. The van der Waals surface area contributed by atoms with E-state index in [4.69, 9.17) is 0 Å². The Hall–Kier alpha value is -0.530. The van der Waals surface area contributed by atoms with Gasteiger partial charge in [0, 0.05) is 6.42 Å². The van der Waals surface area contributed by atoms with Crippen molar-refractivity contribution >= 4 is 5.97 Å². The third kappa shape index (κ3) is 8.28. The Morgan fingerprint density at radius 2 is 1.53 bits per heavy atom. The van der Waals surface area contributed by atoms with Gasteiger partial charge in [0.05, 0.1) is 7.11 Å². The molecule has 0 radical (unpaired) electrons. The van der Waals surface area contributed by atoms with Gasteiger partial charge >= 0.3 is 5.97 Å². The van der Waals surface area contributed by atoms with Gasteiger partial charge in [-0.15, -0.1) is 0 Å². The summed E-state index contributed by atoms with van der Waals surface area (Å²) in [5.74, 6) is 2.10. The van der Waals surface area contributed by atoms with Crippen LogP contribution in [0.2, 0.25) is 0 Å². The summed E-state index contributed by atoms with van der Waals surface area (Å²) in [6, 6.07) is 0. The molecule has 0 aromatic carbocycles. The SMILES string of the molecule is CC[C@@H]1C[C@H]1CCCCCCCCCCC(=O)OC. The maximum Gasteiger partial charge on any atom is 0.305 e. The van der Waals surface area contributed by atoms with E-state index < -0.39 is 0 Å². The largest absolute Gasteiger partial charge is 0.469 e. The molecule has 1 aliphatic carbocycles. The molecule has 19 heavy (non-hydrogen) atoms. The minimum absolute atomic E-state index is 0.0644. The molecule has 0 saturated heterocycles. The Balaban J connectivity index is 1.71. The Bertz CT molecular complexity index is 237. The molecule has 1 fully saturated rings. The van der Waals surface area contributed by atoms with Gasteiger partial charge in [-0.05, 0) is 24.7 Å². The van der Waals surface area contributed by atoms with Gasteiger partial charge in [0.15, 0.2) is 0 Å². The van der Waals surface area contributed by atoms with Crippen LogP contribution in [0.15, 0.2) is 0 Å². The maximum absolute atomic E-state index is 10.9. The van der Waals surface area contributed by atoms with Crippen LogP contribution in [0.1, 0.15) is 84.0 Å². The number of unbranched alkanes of at least 4 members (excludes halogenated alkanes) is 7. The number of esters is 1. The lowest BCUT2D eigenvalue weighted by Crippen LogP contribution is -1.99. The van der Waals surface area contributed by atoms with Gasteiger partial charge in [-0.1, -0.05) is 64.7 Å². The van der Waals surface area contributed by atoms with Gasteiger partial charge in [-0.3, -0.25) is 4.79 Å². The van der Waals surface area contributed by atoms with E-state index in [1.807, 2.05) is 0 Å². The second-order valence-electron chi connectivity index (χ2n) is 6.11. The number of methoxy groups -OCH3 is 1. The fourth-order valence-corrected chi connectivity index (χ4v) is 3.00. The predicted octanol–water partition coefficient (Wildman–Crippen LogP) is 5.11. The highest BCUT2D eigenvalue weighted by Gasteiger charge is 2.33. The van der Waals surface area contributed by atoms with Crippen molar-refractivity contribution in [2.45, 2.75) is 84.0 Å². The fraction of sp³-hybridized carbons (Fsp3) is 0.941. The topological polar surface area (TPSA) is 26.3 Å². The standard InChI is InChI=1S/C17H32O2/c1-3-15-14-16(15)12-10-8-6-4-5-7-9-11-13-17(18)19-2/h15-16H,3-14H2,1-2H3/t15-,16-/m1/s1. The molecular weight excluding hydrogens is 236 g/mol. The molecule has 1 aliphatic rings. The summed E-state index contributed by atoms with van der Waals surface area (Å²) in [5, 5.41) is 0. The fourth-order valence-electron chi connectivity index (χ4n) is 3.00. The summed E-state index contributed by atoms with van der Waals surface area (Å²) >= 11 is 0. The summed E-state index contributed by atoms with van der Waals surface area (Å²) in [7, 11) is 1.46. The summed E-state index contributed by atoms with van der Waals surface area (Å²) < 4.78 is 4.62. The molecule has 0 N–H and O–H groups in total. The highest BCUT2D eigenvalue weighted by Crippen LogP contribution is 2.44. The Morgan fingerprint density at radius 3 is 2.05 bits per heavy atom. The van der Waals surface area contributed by atoms with Crippen LogP contribution >= 0.6 is 0 Å². The van der Waals surface area contributed by atoms with Crippen molar-refractivity contribution in [2.75, 3.05) is 7.11 Å². The molecule has 1 rings (SSSR count). The zero-order valence-electron chi connectivity index (χ0n) is 13.0. The van der Waals surface area contributed by atoms with Crippen LogP contribution in [-0.4, -0.2) is 13.1 Å². The van der Waals surface area contributed by atoms with Crippen LogP contribution in [0.5, 0.6) is 0 Å². The van der Waals surface area contributed by atoms with Crippen LogP contribution in [0.4, 0.5) is 0 Å². The molecule has 0 heterocycles. The first kappa shape index (κ1) is 16.5. The number of carbonyl (C=O) groups excluding carboxylic acids is 1. The number of hydrogen-bond donors (Lipinski definition) is 0. The van der Waals surface area contributed by atoms with Crippen LogP contribution in [0.3, 0.4) is 0 Å². The molecule has 0 unspecified atom stereocenters. The number of carbonyl (C=O) groups is 1. The van der Waals surface area contributed by atoms with Crippen molar-refractivity contribution in [2.24, 2.45) is 11.8 Å². The van der Waals surface area contributed by atoms with Crippen molar-refractivity contribution < 1.29 is 9.53 Å². The smallest absolute Gasteiger partial charge is 0.305 e. The second kappa shape index (κ2) is 10.3. The molecule has 2 heteroatoms. The van der Waals surface area contributed by atoms with Gasteiger partial charge in [0.1, 0.15) is 0 Å². The zero-order chi connectivity index (χ0) is 13.9. The lowest BCUT2D eigenvalue weighted by atomic mass is 10.0. The lowest BCUT2D eigenvalue weighted by Gasteiger charge is -2.02. The Labute approximate surface area is 119 Å². The third-order valence-corrected chi connectivity index (χ3v) is 4.53. The van der Waals surface area contributed by atoms with Crippen molar-refractivity contribution in [3.63, 3.8) is 0 Å². The summed E-state index contributed by atoms with van der Waals surface area (Å²) in [6.45, 7) is 2.32. The van der Waals surface area contributed by atoms with E-state index >= 15 is 0 Å². The van der Waals surface area contributed by atoms with Gasteiger partial charge in [-0.2, -0.15) is 0 Å². The lowest BCUT2D eigenvalue weighted by molar-refractivity contribution is -0.140. The first-order valence-electron chi connectivity index (χ1n) is 8.34. The Morgan fingerprint density at radius 1 is 0.947 bits per heavy atom. The average molecular weight is 268 g/mol. The first-order valence-corrected chi connectivity index (χ1v) is 8.34. The number of ether oxygens (including phenoxy) is 1. The predicted molar refractivity (Wildman–Crippen MR) is 80.1 cm³/mol. The van der Waals surface area contributed by atoms with Crippen molar-refractivity contribution in [3.8, 4) is 0 Å². The number of rotatable bonds is 12. The van der Waals surface area contributed by atoms with Gasteiger partial charge in [-0.25, -0.2) is 0 Å². The molecule has 2 nitrogen and oxygen atoms in total. The molecule has 0 aromatic heterocycles. The van der Waals surface area contributed by atoms with E-state index in [2.05, 4.69) is 11.7 Å². The summed E-state index contributed by atoms with van der Waals surface area (Å²) in [6.07, 6.45) is 15.4. The first-order chi connectivity index (χ1) is 9.27. The molecule has 1 saturated carbocycles. The molecule has 0 spiro atoms. The van der Waals surface area contributed by atoms with Crippen LogP contribution in [0.25, 0.3) is 0 Å². The Kier molecular flexibility index (Phi) is 8.94.